The van der Waals surface area contributed by atoms with E-state index in [0.29, 0.717) is 33.4 Å². The first kappa shape index (κ1) is 14.2. The van der Waals surface area contributed by atoms with Gasteiger partial charge < -0.3 is 4.42 Å². The first-order valence-corrected chi connectivity index (χ1v) is 7.76. The number of hydrogen-bond donors (Lipinski definition) is 0. The predicted octanol–water partition coefficient (Wildman–Crippen LogP) is 4.42. The van der Waals surface area contributed by atoms with Crippen LogP contribution in [0.25, 0.3) is 22.7 Å². The lowest BCUT2D eigenvalue weighted by Gasteiger charge is -2.02. The maximum absolute atomic E-state index is 11.8. The molecule has 0 aliphatic heterocycles. The number of nitrogens with zero attached hydrogens (tertiary/aromatic N) is 3. The Morgan fingerprint density at radius 3 is 2.43 bits per heavy atom. The van der Waals surface area contributed by atoms with Crippen molar-refractivity contribution >= 4 is 34.6 Å². The fraction of sp³-hybridized carbons (Fsp3) is 0.214. The SMILES string of the molecule is CSc1nc(Cl)c2nc(-c3cc(C)c([O])c(C)c3)oc2n1. The Morgan fingerprint density at radius 1 is 1.14 bits per heavy atom. The average molecular weight is 321 g/mol. The molecule has 0 aliphatic carbocycles. The third-order valence-electron chi connectivity index (χ3n) is 3.09. The highest BCUT2D eigenvalue weighted by Gasteiger charge is 2.16. The average Bonchev–Trinajstić information content (AvgIpc) is 2.88. The Balaban J connectivity index is 2.19. The van der Waals surface area contributed by atoms with Crippen molar-refractivity contribution in [3.63, 3.8) is 0 Å². The molecule has 0 saturated carbocycles. The van der Waals surface area contributed by atoms with Crippen LogP contribution in [-0.4, -0.2) is 21.2 Å². The summed E-state index contributed by atoms with van der Waals surface area (Å²) < 4.78 is 5.67. The molecule has 5 nitrogen and oxygen atoms in total. The smallest absolute Gasteiger partial charge is 0.253 e. The highest BCUT2D eigenvalue weighted by Crippen LogP contribution is 2.32. The molecule has 2 heterocycles. The van der Waals surface area contributed by atoms with Gasteiger partial charge in [0.25, 0.3) is 5.71 Å². The summed E-state index contributed by atoms with van der Waals surface area (Å²) in [5.41, 5.74) is 2.79. The number of benzene rings is 1. The zero-order chi connectivity index (χ0) is 15.1. The van der Waals surface area contributed by atoms with Crippen LogP contribution in [0.1, 0.15) is 11.1 Å². The molecule has 0 fully saturated rings. The minimum Gasteiger partial charge on any atom is -0.417 e. The summed E-state index contributed by atoms with van der Waals surface area (Å²) in [5, 5.41) is 12.5. The van der Waals surface area contributed by atoms with Gasteiger partial charge in [-0.3, -0.25) is 5.11 Å². The van der Waals surface area contributed by atoms with Crippen molar-refractivity contribution in [3.8, 4) is 17.2 Å². The zero-order valence-corrected chi connectivity index (χ0v) is 13.2. The monoisotopic (exact) mass is 320 g/mol. The predicted molar refractivity (Wildman–Crippen MR) is 81.4 cm³/mol. The van der Waals surface area contributed by atoms with Crippen molar-refractivity contribution in [1.29, 1.82) is 0 Å². The third-order valence-corrected chi connectivity index (χ3v) is 3.90. The molecule has 0 amide bonds. The number of aromatic nitrogens is 3. The van der Waals surface area contributed by atoms with Gasteiger partial charge in [0.15, 0.2) is 21.6 Å². The van der Waals surface area contributed by atoms with Gasteiger partial charge in [0.2, 0.25) is 5.89 Å². The molecule has 7 heteroatoms. The number of rotatable bonds is 2. The molecule has 0 unspecified atom stereocenters. The van der Waals surface area contributed by atoms with Gasteiger partial charge in [-0.15, -0.1) is 0 Å². The Labute approximate surface area is 130 Å². The van der Waals surface area contributed by atoms with E-state index in [0.717, 1.165) is 5.56 Å². The van der Waals surface area contributed by atoms with Crippen LogP contribution in [0.3, 0.4) is 0 Å². The molecule has 3 aromatic rings. The third kappa shape index (κ3) is 2.45. The van der Waals surface area contributed by atoms with Crippen LogP contribution in [0.4, 0.5) is 0 Å². The number of hydrogen-bond acceptors (Lipinski definition) is 5. The van der Waals surface area contributed by atoms with Crippen LogP contribution < -0.4 is 0 Å². The molecule has 0 atom stereocenters. The largest absolute Gasteiger partial charge is 0.417 e. The molecule has 1 aromatic carbocycles. The van der Waals surface area contributed by atoms with Gasteiger partial charge in [-0.05, 0) is 43.4 Å². The molecule has 0 aliphatic rings. The molecule has 3 rings (SSSR count). The second-order valence-corrected chi connectivity index (χ2v) is 5.74. The number of oxazole rings is 1. The second-order valence-electron chi connectivity index (χ2n) is 4.61. The summed E-state index contributed by atoms with van der Waals surface area (Å²) in [6, 6.07) is 3.49. The number of thioether (sulfide) groups is 1. The van der Waals surface area contributed by atoms with Crippen LogP contribution in [0.5, 0.6) is 5.75 Å². The highest BCUT2D eigenvalue weighted by molar-refractivity contribution is 7.98. The summed E-state index contributed by atoms with van der Waals surface area (Å²) in [6.45, 7) is 3.53. The van der Waals surface area contributed by atoms with Gasteiger partial charge in [-0.25, -0.2) is 9.97 Å². The standard InChI is InChI=1S/C14H11ClN3O2S/c1-6-4-8(5-7(2)10(6)19)12-16-9-11(15)17-14(21-3)18-13(9)20-12/h4-5H,1-3H3. The van der Waals surface area contributed by atoms with Gasteiger partial charge in [0, 0.05) is 5.56 Å². The van der Waals surface area contributed by atoms with Gasteiger partial charge in [-0.1, -0.05) is 23.4 Å². The van der Waals surface area contributed by atoms with E-state index in [1.54, 1.807) is 26.0 Å². The van der Waals surface area contributed by atoms with Crippen molar-refractivity contribution in [1.82, 2.24) is 15.0 Å². The topological polar surface area (TPSA) is 71.7 Å². The van der Waals surface area contributed by atoms with E-state index >= 15 is 0 Å². The van der Waals surface area contributed by atoms with E-state index in [2.05, 4.69) is 15.0 Å². The minimum atomic E-state index is 0.0253. The molecule has 21 heavy (non-hydrogen) atoms. The van der Waals surface area contributed by atoms with Gasteiger partial charge in [0.1, 0.15) is 0 Å². The van der Waals surface area contributed by atoms with Crippen LogP contribution in [-0.2, 0) is 5.11 Å². The normalized spacial score (nSPS) is 11.2. The lowest BCUT2D eigenvalue weighted by Crippen LogP contribution is -1.87. The van der Waals surface area contributed by atoms with E-state index in [-0.39, 0.29) is 10.9 Å². The Hall–Kier alpha value is -1.79. The first-order chi connectivity index (χ1) is 9.99. The molecular formula is C14H11ClN3O2S. The van der Waals surface area contributed by atoms with E-state index in [1.807, 2.05) is 6.26 Å². The summed E-state index contributed by atoms with van der Waals surface area (Å²) >= 11 is 7.47. The summed E-state index contributed by atoms with van der Waals surface area (Å²) in [7, 11) is 0. The van der Waals surface area contributed by atoms with Crippen molar-refractivity contribution in [3.05, 3.63) is 28.4 Å². The number of fused-ring (bicyclic) bond motifs is 1. The maximum atomic E-state index is 11.8. The molecule has 0 bridgehead atoms. The van der Waals surface area contributed by atoms with Crippen molar-refractivity contribution in [2.45, 2.75) is 19.0 Å². The lowest BCUT2D eigenvalue weighted by molar-refractivity contribution is 0.348. The highest BCUT2D eigenvalue weighted by atomic mass is 35.5. The summed E-state index contributed by atoms with van der Waals surface area (Å²) in [4.78, 5) is 12.7. The lowest BCUT2D eigenvalue weighted by atomic mass is 10.1. The second kappa shape index (κ2) is 5.20. The van der Waals surface area contributed by atoms with Crippen molar-refractivity contribution in [2.24, 2.45) is 0 Å². The van der Waals surface area contributed by atoms with Crippen molar-refractivity contribution in [2.75, 3.05) is 6.26 Å². The minimum absolute atomic E-state index is 0.0253. The Kier molecular flexibility index (Phi) is 3.51. The summed E-state index contributed by atoms with van der Waals surface area (Å²) in [6.07, 6.45) is 1.86. The molecule has 2 aromatic heterocycles. The van der Waals surface area contributed by atoms with Crippen LogP contribution in [0.15, 0.2) is 21.7 Å². The first-order valence-electron chi connectivity index (χ1n) is 6.16. The zero-order valence-electron chi connectivity index (χ0n) is 11.6. The maximum Gasteiger partial charge on any atom is 0.253 e. The van der Waals surface area contributed by atoms with Crippen LogP contribution >= 0.6 is 23.4 Å². The van der Waals surface area contributed by atoms with Gasteiger partial charge in [-0.2, -0.15) is 4.98 Å². The Morgan fingerprint density at radius 2 is 1.81 bits per heavy atom. The number of aryl methyl sites for hydroxylation is 2. The van der Waals surface area contributed by atoms with E-state index in [4.69, 9.17) is 16.0 Å². The van der Waals surface area contributed by atoms with E-state index in [1.165, 1.54) is 11.8 Å². The van der Waals surface area contributed by atoms with Gasteiger partial charge >= 0.3 is 0 Å². The van der Waals surface area contributed by atoms with Gasteiger partial charge in [0.05, 0.1) is 0 Å². The fourth-order valence-corrected chi connectivity index (χ4v) is 2.67. The Bertz CT molecular complexity index is 825. The summed E-state index contributed by atoms with van der Waals surface area (Å²) in [5.74, 6) is 0.406. The molecule has 107 valence electrons. The van der Waals surface area contributed by atoms with Crippen LogP contribution in [0, 0.1) is 13.8 Å². The van der Waals surface area contributed by atoms with Crippen molar-refractivity contribution < 1.29 is 9.52 Å². The van der Waals surface area contributed by atoms with Crippen LogP contribution in [0.2, 0.25) is 5.15 Å². The molecule has 0 spiro atoms. The quantitative estimate of drug-likeness (QED) is 0.397. The molecular weight excluding hydrogens is 310 g/mol. The fourth-order valence-electron chi connectivity index (χ4n) is 2.06. The molecule has 0 saturated heterocycles. The van der Waals surface area contributed by atoms with E-state index in [9.17, 15) is 5.11 Å². The molecule has 1 radical (unpaired) electrons. The number of halogens is 1. The molecule has 0 N–H and O–H groups in total. The van der Waals surface area contributed by atoms with E-state index < -0.39 is 0 Å².